The lowest BCUT2D eigenvalue weighted by atomic mass is 9.82. The van der Waals surface area contributed by atoms with Crippen molar-refractivity contribution in [2.24, 2.45) is 5.41 Å². The van der Waals surface area contributed by atoms with E-state index >= 15 is 0 Å². The van der Waals surface area contributed by atoms with Crippen molar-refractivity contribution in [3.63, 3.8) is 0 Å². The van der Waals surface area contributed by atoms with Crippen LogP contribution in [0.25, 0.3) is 0 Å². The van der Waals surface area contributed by atoms with Gasteiger partial charge in [-0.15, -0.1) is 0 Å². The van der Waals surface area contributed by atoms with Gasteiger partial charge in [-0.25, -0.2) is 0 Å². The van der Waals surface area contributed by atoms with Gasteiger partial charge < -0.3 is 0 Å². The molecule has 0 aliphatic rings. The fourth-order valence-corrected chi connectivity index (χ4v) is 2.54. The van der Waals surface area contributed by atoms with E-state index in [1.54, 1.807) is 0 Å². The number of unbranched alkanes of at least 4 members (excludes halogenated alkanes) is 8. The molecule has 104 valence electrons. The zero-order valence-corrected chi connectivity index (χ0v) is 13.0. The molecule has 0 N–H and O–H groups in total. The van der Waals surface area contributed by atoms with Crippen molar-refractivity contribution in [3.05, 3.63) is 0 Å². The van der Waals surface area contributed by atoms with Gasteiger partial charge >= 0.3 is 0 Å². The highest BCUT2D eigenvalue weighted by Gasteiger charge is 2.16. The molecule has 0 unspecified atom stereocenters. The Labute approximate surface area is 111 Å². The highest BCUT2D eigenvalue weighted by molar-refractivity contribution is 4.68. The molecule has 0 saturated carbocycles. The minimum absolute atomic E-state index is 0.596. The minimum Gasteiger partial charge on any atom is -0.0654 e. The second-order valence-corrected chi connectivity index (χ2v) is 6.49. The average molecular weight is 240 g/mol. The molecule has 0 atom stereocenters. The van der Waals surface area contributed by atoms with Gasteiger partial charge in [-0.05, 0) is 18.3 Å². The van der Waals surface area contributed by atoms with Gasteiger partial charge in [-0.1, -0.05) is 91.9 Å². The van der Waals surface area contributed by atoms with Crippen molar-refractivity contribution in [2.45, 2.75) is 105 Å². The standard InChI is InChI=1S/C17H36/c1-5-7-9-11-12-14-16-17(3,4)15-13-10-8-6-2/h5-16H2,1-4H3. The number of rotatable bonds is 12. The lowest BCUT2D eigenvalue weighted by Gasteiger charge is -2.24. The van der Waals surface area contributed by atoms with E-state index in [0.29, 0.717) is 5.41 Å². The third-order valence-electron chi connectivity index (χ3n) is 3.91. The Balaban J connectivity index is 3.37. The van der Waals surface area contributed by atoms with Crippen LogP contribution in [0.3, 0.4) is 0 Å². The van der Waals surface area contributed by atoms with Crippen LogP contribution in [0.2, 0.25) is 0 Å². The Hall–Kier alpha value is 0. The van der Waals surface area contributed by atoms with Crippen LogP contribution in [0.15, 0.2) is 0 Å². The SMILES string of the molecule is CCCCCCCCC(C)(C)CCCCCC. The maximum Gasteiger partial charge on any atom is -0.0354 e. The van der Waals surface area contributed by atoms with Crippen LogP contribution in [0.5, 0.6) is 0 Å². The Morgan fingerprint density at radius 3 is 1.35 bits per heavy atom. The van der Waals surface area contributed by atoms with Crippen LogP contribution in [0.1, 0.15) is 105 Å². The summed E-state index contributed by atoms with van der Waals surface area (Å²) in [6, 6.07) is 0. The first kappa shape index (κ1) is 17.0. The molecule has 0 saturated heterocycles. The second kappa shape index (κ2) is 11.1. The topological polar surface area (TPSA) is 0 Å². The van der Waals surface area contributed by atoms with Crippen molar-refractivity contribution in [1.29, 1.82) is 0 Å². The van der Waals surface area contributed by atoms with Crippen molar-refractivity contribution in [3.8, 4) is 0 Å². The first-order valence-corrected chi connectivity index (χ1v) is 8.12. The normalized spacial score (nSPS) is 12.0. The van der Waals surface area contributed by atoms with Gasteiger partial charge in [0.05, 0.1) is 0 Å². The van der Waals surface area contributed by atoms with E-state index in [1.807, 2.05) is 0 Å². The zero-order valence-electron chi connectivity index (χ0n) is 13.0. The highest BCUT2D eigenvalue weighted by atomic mass is 14.2. The minimum atomic E-state index is 0.596. The van der Waals surface area contributed by atoms with Gasteiger partial charge in [-0.2, -0.15) is 0 Å². The smallest absolute Gasteiger partial charge is 0.0354 e. The molecule has 0 heteroatoms. The third-order valence-corrected chi connectivity index (χ3v) is 3.91. The van der Waals surface area contributed by atoms with Crippen LogP contribution >= 0.6 is 0 Å². The molecule has 17 heavy (non-hydrogen) atoms. The predicted molar refractivity (Wildman–Crippen MR) is 80.5 cm³/mol. The molecule has 0 rings (SSSR count). The molecular weight excluding hydrogens is 204 g/mol. The lowest BCUT2D eigenvalue weighted by molar-refractivity contribution is 0.282. The monoisotopic (exact) mass is 240 g/mol. The summed E-state index contributed by atoms with van der Waals surface area (Å²) in [6.45, 7) is 9.51. The largest absolute Gasteiger partial charge is 0.0654 e. The molecule has 0 aromatic rings. The average Bonchev–Trinajstić information content (AvgIpc) is 2.29. The van der Waals surface area contributed by atoms with E-state index in [1.165, 1.54) is 77.0 Å². The first-order chi connectivity index (χ1) is 8.12. The summed E-state index contributed by atoms with van der Waals surface area (Å²) in [4.78, 5) is 0. The number of hydrogen-bond acceptors (Lipinski definition) is 0. The lowest BCUT2D eigenvalue weighted by Crippen LogP contribution is -2.10. The van der Waals surface area contributed by atoms with Crippen molar-refractivity contribution in [2.75, 3.05) is 0 Å². The Bertz CT molecular complexity index is 146. The third kappa shape index (κ3) is 12.2. The van der Waals surface area contributed by atoms with Crippen LogP contribution in [0.4, 0.5) is 0 Å². The van der Waals surface area contributed by atoms with Gasteiger partial charge in [0.1, 0.15) is 0 Å². The van der Waals surface area contributed by atoms with Crippen LogP contribution in [-0.4, -0.2) is 0 Å². The fraction of sp³-hybridized carbons (Fsp3) is 1.00. The van der Waals surface area contributed by atoms with E-state index in [9.17, 15) is 0 Å². The van der Waals surface area contributed by atoms with Crippen LogP contribution in [-0.2, 0) is 0 Å². The summed E-state index contributed by atoms with van der Waals surface area (Å²) >= 11 is 0. The number of hydrogen-bond donors (Lipinski definition) is 0. The second-order valence-electron chi connectivity index (χ2n) is 6.49. The molecule has 0 fully saturated rings. The first-order valence-electron chi connectivity index (χ1n) is 8.12. The molecule has 0 aromatic heterocycles. The summed E-state index contributed by atoms with van der Waals surface area (Å²) in [5.41, 5.74) is 0.596. The molecule has 0 aromatic carbocycles. The molecule has 0 amide bonds. The molecule has 0 nitrogen and oxygen atoms in total. The molecule has 0 spiro atoms. The summed E-state index contributed by atoms with van der Waals surface area (Å²) in [7, 11) is 0. The molecule has 0 heterocycles. The maximum absolute atomic E-state index is 2.46. The Kier molecular flexibility index (Phi) is 11.1. The van der Waals surface area contributed by atoms with Gasteiger partial charge in [0.25, 0.3) is 0 Å². The quantitative estimate of drug-likeness (QED) is 0.332. The van der Waals surface area contributed by atoms with Gasteiger partial charge in [0.15, 0.2) is 0 Å². The van der Waals surface area contributed by atoms with Gasteiger partial charge in [0, 0.05) is 0 Å². The maximum atomic E-state index is 2.46. The summed E-state index contributed by atoms with van der Waals surface area (Å²) in [5.74, 6) is 0. The van der Waals surface area contributed by atoms with Gasteiger partial charge in [-0.3, -0.25) is 0 Å². The molecule has 0 aliphatic carbocycles. The van der Waals surface area contributed by atoms with Crippen molar-refractivity contribution < 1.29 is 0 Å². The van der Waals surface area contributed by atoms with E-state index in [0.717, 1.165) is 0 Å². The van der Waals surface area contributed by atoms with Crippen LogP contribution in [0, 0.1) is 5.41 Å². The highest BCUT2D eigenvalue weighted by Crippen LogP contribution is 2.30. The summed E-state index contributed by atoms with van der Waals surface area (Å²) in [5, 5.41) is 0. The van der Waals surface area contributed by atoms with E-state index in [-0.39, 0.29) is 0 Å². The summed E-state index contributed by atoms with van der Waals surface area (Å²) < 4.78 is 0. The molecular formula is C17H36. The molecule has 0 bridgehead atoms. The van der Waals surface area contributed by atoms with E-state index in [2.05, 4.69) is 27.7 Å². The van der Waals surface area contributed by atoms with Crippen molar-refractivity contribution in [1.82, 2.24) is 0 Å². The molecule has 0 aliphatic heterocycles. The molecule has 0 radical (unpaired) electrons. The van der Waals surface area contributed by atoms with Gasteiger partial charge in [0.2, 0.25) is 0 Å². The van der Waals surface area contributed by atoms with Crippen LogP contribution < -0.4 is 0 Å². The Morgan fingerprint density at radius 1 is 0.529 bits per heavy atom. The summed E-state index contributed by atoms with van der Waals surface area (Å²) in [6.07, 6.45) is 17.1. The fourth-order valence-electron chi connectivity index (χ4n) is 2.54. The zero-order chi connectivity index (χ0) is 13.0. The predicted octanol–water partition coefficient (Wildman–Crippen LogP) is 6.73. The van der Waals surface area contributed by atoms with E-state index < -0.39 is 0 Å². The van der Waals surface area contributed by atoms with E-state index in [4.69, 9.17) is 0 Å². The Morgan fingerprint density at radius 2 is 0.882 bits per heavy atom. The van der Waals surface area contributed by atoms with Crippen molar-refractivity contribution >= 4 is 0 Å².